The number of unbranched alkanes of at least 4 members (excludes halogenated alkanes) is 1. The Kier molecular flexibility index (Phi) is 7.41. The van der Waals surface area contributed by atoms with E-state index in [9.17, 15) is 0 Å². The third kappa shape index (κ3) is 7.68. The minimum Gasteiger partial charge on any atom is -0.167 e. The molecule has 0 aromatic rings. The lowest BCUT2D eigenvalue weighted by Crippen LogP contribution is -1.73. The van der Waals surface area contributed by atoms with Crippen molar-refractivity contribution in [3.05, 3.63) is 0 Å². The van der Waals surface area contributed by atoms with Crippen LogP contribution in [0.25, 0.3) is 0 Å². The first-order chi connectivity index (χ1) is 4.41. The average Bonchev–Trinajstić information content (AvgIpc) is 1.89. The van der Waals surface area contributed by atoms with E-state index in [2.05, 4.69) is 42.8 Å². The van der Waals surface area contributed by atoms with Crippen molar-refractivity contribution in [1.82, 2.24) is 0 Å². The first-order valence-electron chi connectivity index (χ1n) is 2.79. The zero-order valence-corrected chi connectivity index (χ0v) is 6.87. The second-order valence-electron chi connectivity index (χ2n) is 1.47. The maximum absolute atomic E-state index is 3.69. The molecule has 0 N–H and O–H groups in total. The molecule has 0 fully saturated rings. The minimum absolute atomic E-state index is 0.739. The molecule has 0 aliphatic carbocycles. The summed E-state index contributed by atoms with van der Waals surface area (Å²) in [7, 11) is 0. The van der Waals surface area contributed by atoms with Crippen LogP contribution in [-0.4, -0.2) is 6.54 Å². The Morgan fingerprint density at radius 2 is 2.11 bits per heavy atom. The van der Waals surface area contributed by atoms with E-state index in [1.165, 1.54) is 0 Å². The van der Waals surface area contributed by atoms with Gasteiger partial charge in [-0.05, 0) is 16.9 Å². The number of hydrogen-bond donors (Lipinski definition) is 0. The molecule has 0 bridgehead atoms. The van der Waals surface area contributed by atoms with Crippen molar-refractivity contribution in [3.8, 4) is 0 Å². The molecule has 0 aliphatic heterocycles. The third-order valence-electron chi connectivity index (χ3n) is 0.749. The number of hydrogen-bond acceptors (Lipinski definition) is 2. The molecule has 0 rings (SSSR count). The zero-order chi connectivity index (χ0) is 6.95. The van der Waals surface area contributed by atoms with E-state index < -0.39 is 0 Å². The van der Waals surface area contributed by atoms with Gasteiger partial charge in [0.05, 0.1) is 6.54 Å². The molecule has 4 nitrogen and oxygen atoms in total. The van der Waals surface area contributed by atoms with Crippen LogP contribution in [0.15, 0.2) is 19.7 Å². The van der Waals surface area contributed by atoms with Gasteiger partial charge in [-0.3, -0.25) is 0 Å². The van der Waals surface area contributed by atoms with Gasteiger partial charge in [0.25, 0.3) is 0 Å². The fourth-order valence-electron chi connectivity index (χ4n) is 0.317. The Bertz CT molecular complexity index is 101. The highest BCUT2D eigenvalue weighted by molar-refractivity contribution is 9.08. The van der Waals surface area contributed by atoms with Crippen molar-refractivity contribution < 1.29 is 0 Å². The van der Waals surface area contributed by atoms with E-state index in [1.54, 1.807) is 0 Å². The molecule has 0 saturated heterocycles. The van der Waals surface area contributed by atoms with E-state index in [4.69, 9.17) is 0 Å². The highest BCUT2D eigenvalue weighted by Gasteiger charge is 1.76. The van der Waals surface area contributed by atoms with Gasteiger partial charge in [-0.2, -0.15) is 5.11 Å². The van der Waals surface area contributed by atoms with Gasteiger partial charge in [0.15, 0.2) is 0 Å². The van der Waals surface area contributed by atoms with Crippen molar-refractivity contribution in [2.75, 3.05) is 6.54 Å². The van der Waals surface area contributed by atoms with Gasteiger partial charge >= 0.3 is 0 Å². The molecular weight excluding hydrogens is 184 g/mol. The average molecular weight is 193 g/mol. The maximum Gasteiger partial charge on any atom is 0.102 e. The van der Waals surface area contributed by atoms with Crippen LogP contribution in [0.1, 0.15) is 19.8 Å². The van der Waals surface area contributed by atoms with Crippen LogP contribution >= 0.6 is 16.1 Å². The first-order valence-corrected chi connectivity index (χ1v) is 3.50. The van der Waals surface area contributed by atoms with Crippen LogP contribution in [0.2, 0.25) is 0 Å². The summed E-state index contributed by atoms with van der Waals surface area (Å²) in [4.78, 5) is 0. The van der Waals surface area contributed by atoms with Crippen molar-refractivity contribution in [2.45, 2.75) is 19.8 Å². The normalized spacial score (nSPS) is 11.8. The van der Waals surface area contributed by atoms with Gasteiger partial charge in [-0.15, -0.1) is 0 Å². The van der Waals surface area contributed by atoms with Gasteiger partial charge in [0.1, 0.15) is 16.1 Å². The molecule has 5 heteroatoms. The Balaban J connectivity index is 3.04. The van der Waals surface area contributed by atoms with E-state index in [1.807, 2.05) is 0 Å². The highest BCUT2D eigenvalue weighted by atomic mass is 79.9. The van der Waals surface area contributed by atoms with Gasteiger partial charge in [0.2, 0.25) is 0 Å². The summed E-state index contributed by atoms with van der Waals surface area (Å²) in [6.07, 6.45) is 2.19. The van der Waals surface area contributed by atoms with E-state index in [0.717, 1.165) is 19.4 Å². The zero-order valence-electron chi connectivity index (χ0n) is 5.29. The topological polar surface area (TPSA) is 49.4 Å². The highest BCUT2D eigenvalue weighted by Crippen LogP contribution is 1.89. The molecule has 0 saturated carbocycles. The molecule has 0 aromatic heterocycles. The summed E-state index contributed by atoms with van der Waals surface area (Å²) in [6.45, 7) is 2.84. The molecule has 0 atom stereocenters. The second kappa shape index (κ2) is 7.68. The van der Waals surface area contributed by atoms with E-state index >= 15 is 0 Å². The molecule has 52 valence electrons. The number of nitrogens with zero attached hydrogens (tertiary/aromatic N) is 4. The maximum atomic E-state index is 3.69. The molecular formula is C4H9BrN4. The van der Waals surface area contributed by atoms with Crippen LogP contribution in [0.3, 0.4) is 0 Å². The smallest absolute Gasteiger partial charge is 0.102 e. The van der Waals surface area contributed by atoms with Gasteiger partial charge < -0.3 is 0 Å². The Morgan fingerprint density at radius 1 is 1.33 bits per heavy atom. The molecule has 0 unspecified atom stereocenters. The number of rotatable bonds is 4. The van der Waals surface area contributed by atoms with Gasteiger partial charge in [-0.1, -0.05) is 17.5 Å². The van der Waals surface area contributed by atoms with Gasteiger partial charge in [0, 0.05) is 0 Å². The lowest BCUT2D eigenvalue weighted by molar-refractivity contribution is 0.757. The molecule has 0 radical (unpaired) electrons. The summed E-state index contributed by atoms with van der Waals surface area (Å²) in [5.41, 5.74) is 0. The fourth-order valence-corrected chi connectivity index (χ4v) is 0.380. The van der Waals surface area contributed by atoms with Crippen LogP contribution in [0, 0.1) is 0 Å². The van der Waals surface area contributed by atoms with Crippen LogP contribution in [0.4, 0.5) is 0 Å². The monoisotopic (exact) mass is 192 g/mol. The summed E-state index contributed by atoms with van der Waals surface area (Å²) in [6, 6.07) is 0. The summed E-state index contributed by atoms with van der Waals surface area (Å²) in [5, 5.41) is 10.3. The van der Waals surface area contributed by atoms with Crippen molar-refractivity contribution in [1.29, 1.82) is 0 Å². The van der Waals surface area contributed by atoms with Crippen LogP contribution in [-0.2, 0) is 0 Å². The Hall–Kier alpha value is -0.320. The summed E-state index contributed by atoms with van der Waals surface area (Å²) in [5.74, 6) is 0. The molecule has 9 heavy (non-hydrogen) atoms. The van der Waals surface area contributed by atoms with E-state index in [0.29, 0.717) is 0 Å². The van der Waals surface area contributed by atoms with Crippen molar-refractivity contribution >= 4 is 16.1 Å². The van der Waals surface area contributed by atoms with Crippen LogP contribution in [0.5, 0.6) is 0 Å². The quantitative estimate of drug-likeness (QED) is 0.374. The summed E-state index contributed by atoms with van der Waals surface area (Å²) < 4.78 is 3.21. The standard InChI is InChI=1S/C4H9BrN4/c1-2-3-4-6-8-9-7-5/h2-4H2,1H3. The number of halogens is 1. The lowest BCUT2D eigenvalue weighted by atomic mass is 10.3. The fraction of sp³-hybridized carbons (Fsp3) is 1.00. The van der Waals surface area contributed by atoms with Gasteiger partial charge in [-0.25, -0.2) is 0 Å². The Labute approximate surface area is 62.8 Å². The summed E-state index contributed by atoms with van der Waals surface area (Å²) >= 11 is 2.72. The predicted octanol–water partition coefficient (Wildman–Crippen LogP) is 2.92. The van der Waals surface area contributed by atoms with Crippen molar-refractivity contribution in [2.24, 2.45) is 19.7 Å². The SMILES string of the molecule is CCCCN=NN=NBr. The van der Waals surface area contributed by atoms with Crippen LogP contribution < -0.4 is 0 Å². The van der Waals surface area contributed by atoms with Crippen molar-refractivity contribution in [3.63, 3.8) is 0 Å². The molecule has 0 amide bonds. The van der Waals surface area contributed by atoms with E-state index in [-0.39, 0.29) is 0 Å². The second-order valence-corrected chi connectivity index (χ2v) is 1.79. The third-order valence-corrected chi connectivity index (χ3v) is 0.891. The molecule has 0 heterocycles. The lowest BCUT2D eigenvalue weighted by Gasteiger charge is -1.82. The minimum atomic E-state index is 0.739. The Morgan fingerprint density at radius 3 is 2.67 bits per heavy atom. The first kappa shape index (κ1) is 8.68. The molecule has 0 spiro atoms. The molecule has 0 aliphatic rings. The molecule has 0 aromatic carbocycles. The predicted molar refractivity (Wildman–Crippen MR) is 38.4 cm³/mol. The largest absolute Gasteiger partial charge is 0.167 e.